The van der Waals surface area contributed by atoms with Crippen LogP contribution in [-0.4, -0.2) is 33.0 Å². The van der Waals surface area contributed by atoms with E-state index in [2.05, 4.69) is 15.6 Å². The Bertz CT molecular complexity index is 587. The first-order valence-corrected chi connectivity index (χ1v) is 5.73. The predicted octanol–water partition coefficient (Wildman–Crippen LogP) is 0.857. The lowest BCUT2D eigenvalue weighted by Crippen LogP contribution is -2.45. The van der Waals surface area contributed by atoms with Crippen LogP contribution < -0.4 is 11.1 Å². The first-order chi connectivity index (χ1) is 8.37. The zero-order valence-corrected chi connectivity index (χ0v) is 12.0. The minimum Gasteiger partial charge on any atom is -0.350 e. The Morgan fingerprint density at radius 3 is 2.79 bits per heavy atom. The molecule has 1 aromatic carbocycles. The highest BCUT2D eigenvalue weighted by molar-refractivity contribution is 5.97. The Kier molecular flexibility index (Phi) is 4.49. The van der Waals surface area contributed by atoms with Crippen LogP contribution in [0, 0.1) is 0 Å². The van der Waals surface area contributed by atoms with Crippen LogP contribution in [-0.2, 0) is 7.05 Å². The van der Waals surface area contributed by atoms with Crippen molar-refractivity contribution in [3.63, 3.8) is 0 Å². The van der Waals surface area contributed by atoms with Crippen LogP contribution in [0.15, 0.2) is 18.2 Å². The van der Waals surface area contributed by atoms with Crippen LogP contribution in [0.5, 0.6) is 0 Å². The maximum atomic E-state index is 11.9. The number of hydrogen-bond acceptors (Lipinski definition) is 4. The smallest absolute Gasteiger partial charge is 0.251 e. The largest absolute Gasteiger partial charge is 0.350 e. The van der Waals surface area contributed by atoms with Crippen LogP contribution >= 0.6 is 12.4 Å². The topological polar surface area (TPSA) is 85.8 Å². The molecule has 0 saturated carbocycles. The number of halogens is 1. The second-order valence-corrected chi connectivity index (χ2v) is 5.09. The lowest BCUT2D eigenvalue weighted by atomic mass is 10.1. The predicted molar refractivity (Wildman–Crippen MR) is 76.4 cm³/mol. The van der Waals surface area contributed by atoms with Crippen LogP contribution in [0.25, 0.3) is 11.0 Å². The van der Waals surface area contributed by atoms with Gasteiger partial charge < -0.3 is 11.1 Å². The molecular weight excluding hydrogens is 266 g/mol. The minimum absolute atomic E-state index is 0. The molecule has 19 heavy (non-hydrogen) atoms. The fraction of sp³-hybridized carbons (Fsp3) is 0.417. The van der Waals surface area contributed by atoms with Gasteiger partial charge >= 0.3 is 0 Å². The second-order valence-electron chi connectivity index (χ2n) is 5.09. The summed E-state index contributed by atoms with van der Waals surface area (Å²) in [5.41, 5.74) is 7.55. The molecule has 0 aliphatic heterocycles. The van der Waals surface area contributed by atoms with Gasteiger partial charge in [-0.3, -0.25) is 4.79 Å². The first-order valence-electron chi connectivity index (χ1n) is 5.73. The number of rotatable bonds is 3. The Balaban J connectivity index is 0.00000180. The van der Waals surface area contributed by atoms with Crippen molar-refractivity contribution >= 4 is 29.3 Å². The van der Waals surface area contributed by atoms with Gasteiger partial charge in [-0.1, -0.05) is 5.21 Å². The maximum Gasteiger partial charge on any atom is 0.251 e. The molecule has 1 amide bonds. The molecule has 0 saturated heterocycles. The maximum absolute atomic E-state index is 11.9. The Labute approximate surface area is 117 Å². The molecule has 0 aliphatic carbocycles. The van der Waals surface area contributed by atoms with E-state index in [0.29, 0.717) is 17.6 Å². The molecule has 3 N–H and O–H groups in total. The average molecular weight is 284 g/mol. The third kappa shape index (κ3) is 3.65. The number of nitrogens with zero attached hydrogens (tertiary/aromatic N) is 3. The molecule has 7 heteroatoms. The van der Waals surface area contributed by atoms with Gasteiger partial charge in [0.1, 0.15) is 5.52 Å². The zero-order valence-electron chi connectivity index (χ0n) is 11.2. The normalized spacial score (nSPS) is 11.2. The van der Waals surface area contributed by atoms with Gasteiger partial charge in [0.25, 0.3) is 5.91 Å². The van der Waals surface area contributed by atoms with Crippen molar-refractivity contribution in [1.82, 2.24) is 20.3 Å². The first kappa shape index (κ1) is 15.4. The molecule has 0 unspecified atom stereocenters. The van der Waals surface area contributed by atoms with E-state index in [0.717, 1.165) is 5.52 Å². The van der Waals surface area contributed by atoms with Gasteiger partial charge in [-0.15, -0.1) is 17.5 Å². The average Bonchev–Trinajstić information content (AvgIpc) is 2.66. The lowest BCUT2D eigenvalue weighted by molar-refractivity contribution is 0.0946. The lowest BCUT2D eigenvalue weighted by Gasteiger charge is -2.18. The standard InChI is InChI=1S/C12H17N5O.ClH/c1-12(2,13)7-14-11(18)8-4-5-10-9(6-8)15-16-17(10)3;/h4-6H,7,13H2,1-3H3,(H,14,18);1H. The van der Waals surface area contributed by atoms with Gasteiger partial charge in [0, 0.05) is 24.7 Å². The van der Waals surface area contributed by atoms with Crippen molar-refractivity contribution in [2.45, 2.75) is 19.4 Å². The molecule has 2 rings (SSSR count). The summed E-state index contributed by atoms with van der Waals surface area (Å²) in [4.78, 5) is 11.9. The molecule has 2 aromatic rings. The van der Waals surface area contributed by atoms with Gasteiger partial charge in [0.15, 0.2) is 0 Å². The molecule has 0 atom stereocenters. The number of fused-ring (bicyclic) bond motifs is 1. The molecule has 0 spiro atoms. The van der Waals surface area contributed by atoms with E-state index in [9.17, 15) is 4.79 Å². The van der Waals surface area contributed by atoms with Gasteiger partial charge in [0.05, 0.1) is 5.52 Å². The second kappa shape index (κ2) is 5.54. The number of aryl methyl sites for hydroxylation is 1. The van der Waals surface area contributed by atoms with E-state index in [4.69, 9.17) is 5.73 Å². The molecule has 104 valence electrons. The molecular formula is C12H18ClN5O. The Morgan fingerprint density at radius 2 is 2.16 bits per heavy atom. The summed E-state index contributed by atoms with van der Waals surface area (Å²) in [6.45, 7) is 4.14. The van der Waals surface area contributed by atoms with E-state index in [1.807, 2.05) is 27.0 Å². The Morgan fingerprint density at radius 1 is 1.47 bits per heavy atom. The molecule has 1 heterocycles. The van der Waals surface area contributed by atoms with E-state index >= 15 is 0 Å². The number of amides is 1. The number of benzene rings is 1. The number of nitrogens with two attached hydrogens (primary N) is 1. The van der Waals surface area contributed by atoms with Crippen molar-refractivity contribution in [3.05, 3.63) is 23.8 Å². The summed E-state index contributed by atoms with van der Waals surface area (Å²) < 4.78 is 1.67. The number of hydrogen-bond donors (Lipinski definition) is 2. The summed E-state index contributed by atoms with van der Waals surface area (Å²) in [6, 6.07) is 5.31. The monoisotopic (exact) mass is 283 g/mol. The van der Waals surface area contributed by atoms with Crippen LogP contribution in [0.1, 0.15) is 24.2 Å². The molecule has 0 bridgehead atoms. The van der Waals surface area contributed by atoms with Gasteiger partial charge in [-0.25, -0.2) is 4.68 Å². The molecule has 0 fully saturated rings. The number of aromatic nitrogens is 3. The molecule has 6 nitrogen and oxygen atoms in total. The van der Waals surface area contributed by atoms with Crippen molar-refractivity contribution in [2.24, 2.45) is 12.8 Å². The highest BCUT2D eigenvalue weighted by Gasteiger charge is 2.14. The van der Waals surface area contributed by atoms with Crippen LogP contribution in [0.3, 0.4) is 0 Å². The summed E-state index contributed by atoms with van der Waals surface area (Å²) in [5, 5.41) is 10.7. The van der Waals surface area contributed by atoms with Crippen molar-refractivity contribution < 1.29 is 4.79 Å². The molecule has 1 aromatic heterocycles. The van der Waals surface area contributed by atoms with E-state index in [1.54, 1.807) is 16.8 Å². The fourth-order valence-corrected chi connectivity index (χ4v) is 1.59. The van der Waals surface area contributed by atoms with Crippen molar-refractivity contribution in [1.29, 1.82) is 0 Å². The van der Waals surface area contributed by atoms with Crippen molar-refractivity contribution in [3.8, 4) is 0 Å². The highest BCUT2D eigenvalue weighted by atomic mass is 35.5. The minimum atomic E-state index is -0.424. The number of carbonyl (C=O) groups excluding carboxylic acids is 1. The van der Waals surface area contributed by atoms with E-state index < -0.39 is 5.54 Å². The quantitative estimate of drug-likeness (QED) is 0.875. The Hall–Kier alpha value is -1.66. The van der Waals surface area contributed by atoms with E-state index in [-0.39, 0.29) is 18.3 Å². The summed E-state index contributed by atoms with van der Waals surface area (Å²) in [5.74, 6) is -0.152. The van der Waals surface area contributed by atoms with Gasteiger partial charge in [0.2, 0.25) is 0 Å². The van der Waals surface area contributed by atoms with Crippen LogP contribution in [0.4, 0.5) is 0 Å². The third-order valence-electron chi connectivity index (χ3n) is 2.58. The van der Waals surface area contributed by atoms with E-state index in [1.165, 1.54) is 0 Å². The van der Waals surface area contributed by atoms with Gasteiger partial charge in [-0.05, 0) is 32.0 Å². The van der Waals surface area contributed by atoms with Crippen molar-refractivity contribution in [2.75, 3.05) is 6.54 Å². The zero-order chi connectivity index (χ0) is 13.3. The third-order valence-corrected chi connectivity index (χ3v) is 2.58. The SMILES string of the molecule is Cl.Cn1nnc2cc(C(=O)NCC(C)(C)N)ccc21. The number of nitrogens with one attached hydrogen (secondary N) is 1. The summed E-state index contributed by atoms with van der Waals surface area (Å²) in [6.07, 6.45) is 0. The molecule has 0 aliphatic rings. The van der Waals surface area contributed by atoms with Gasteiger partial charge in [-0.2, -0.15) is 0 Å². The summed E-state index contributed by atoms with van der Waals surface area (Å²) in [7, 11) is 1.81. The highest BCUT2D eigenvalue weighted by Crippen LogP contribution is 2.12. The number of carbonyl (C=O) groups is 1. The van der Waals surface area contributed by atoms with Crippen LogP contribution in [0.2, 0.25) is 0 Å². The fourth-order valence-electron chi connectivity index (χ4n) is 1.59. The molecule has 0 radical (unpaired) electrons. The summed E-state index contributed by atoms with van der Waals surface area (Å²) >= 11 is 0.